The average Bonchev–Trinajstić information content (AvgIpc) is 2.46. The first-order valence-electron chi connectivity index (χ1n) is 8.24. The number of ether oxygens (including phenoxy) is 1. The van der Waals surface area contributed by atoms with Crippen LogP contribution < -0.4 is 5.32 Å². The molecule has 2 aliphatic rings. The zero-order chi connectivity index (χ0) is 15.1. The number of carboxylic acids is 1. The van der Waals surface area contributed by atoms with Crippen molar-refractivity contribution in [2.45, 2.75) is 82.3 Å². The predicted molar refractivity (Wildman–Crippen MR) is 79.0 cm³/mol. The van der Waals surface area contributed by atoms with E-state index in [1.807, 2.05) is 0 Å². The van der Waals surface area contributed by atoms with Gasteiger partial charge in [-0.2, -0.15) is 0 Å². The van der Waals surface area contributed by atoms with Crippen molar-refractivity contribution in [1.82, 2.24) is 5.32 Å². The number of aliphatic carboxylic acids is 1. The summed E-state index contributed by atoms with van der Waals surface area (Å²) in [4.78, 5) is 23.3. The summed E-state index contributed by atoms with van der Waals surface area (Å²) in [6.45, 7) is 0.801. The van der Waals surface area contributed by atoms with Gasteiger partial charge in [0.25, 0.3) is 0 Å². The molecule has 1 amide bonds. The molecule has 1 aliphatic carbocycles. The molecule has 1 atom stereocenters. The summed E-state index contributed by atoms with van der Waals surface area (Å²) in [7, 11) is 0. The van der Waals surface area contributed by atoms with Gasteiger partial charge in [-0.1, -0.05) is 19.3 Å². The Hall–Kier alpha value is -1.10. The van der Waals surface area contributed by atoms with E-state index in [0.717, 1.165) is 58.0 Å². The fourth-order valence-electron chi connectivity index (χ4n) is 3.55. The number of nitrogens with one attached hydrogen (secondary N) is 1. The van der Waals surface area contributed by atoms with Crippen LogP contribution in [0.1, 0.15) is 70.6 Å². The molecule has 1 unspecified atom stereocenters. The number of hydrogen-bond acceptors (Lipinski definition) is 3. The normalized spacial score (nSPS) is 25.2. The van der Waals surface area contributed by atoms with Gasteiger partial charge in [-0.25, -0.2) is 0 Å². The Bertz CT molecular complexity index is 357. The van der Waals surface area contributed by atoms with Gasteiger partial charge in [0, 0.05) is 13.0 Å². The van der Waals surface area contributed by atoms with Gasteiger partial charge in [0.1, 0.15) is 0 Å². The van der Waals surface area contributed by atoms with Crippen LogP contribution in [-0.4, -0.2) is 35.2 Å². The number of carboxylic acid groups (broad SMARTS) is 1. The van der Waals surface area contributed by atoms with E-state index in [2.05, 4.69) is 5.32 Å². The number of carbonyl (C=O) groups is 2. The second kappa shape index (κ2) is 7.78. The summed E-state index contributed by atoms with van der Waals surface area (Å²) in [5.41, 5.74) is -0.519. The number of hydrogen-bond donors (Lipinski definition) is 2. The molecule has 2 rings (SSSR count). The van der Waals surface area contributed by atoms with Crippen molar-refractivity contribution < 1.29 is 19.4 Å². The quantitative estimate of drug-likeness (QED) is 0.790. The number of amides is 1. The molecule has 5 nitrogen and oxygen atoms in total. The summed E-state index contributed by atoms with van der Waals surface area (Å²) >= 11 is 0. The van der Waals surface area contributed by atoms with Crippen LogP contribution in [0.4, 0.5) is 0 Å². The highest BCUT2D eigenvalue weighted by molar-refractivity contribution is 5.78. The third-order valence-corrected chi connectivity index (χ3v) is 4.67. The first-order chi connectivity index (χ1) is 10.1. The van der Waals surface area contributed by atoms with E-state index in [9.17, 15) is 9.59 Å². The number of rotatable bonds is 6. The van der Waals surface area contributed by atoms with Crippen molar-refractivity contribution in [3.8, 4) is 0 Å². The van der Waals surface area contributed by atoms with Crippen molar-refractivity contribution in [2.75, 3.05) is 6.61 Å². The topological polar surface area (TPSA) is 75.6 Å². The van der Waals surface area contributed by atoms with Gasteiger partial charge in [0.2, 0.25) is 5.91 Å². The molecule has 2 fully saturated rings. The van der Waals surface area contributed by atoms with E-state index in [1.165, 1.54) is 6.42 Å². The zero-order valence-electron chi connectivity index (χ0n) is 12.7. The third kappa shape index (κ3) is 5.30. The van der Waals surface area contributed by atoms with Crippen molar-refractivity contribution in [1.29, 1.82) is 0 Å². The van der Waals surface area contributed by atoms with Gasteiger partial charge >= 0.3 is 5.97 Å². The summed E-state index contributed by atoms with van der Waals surface area (Å²) < 4.78 is 5.63. The lowest BCUT2D eigenvalue weighted by molar-refractivity contribution is -0.139. The highest BCUT2D eigenvalue weighted by Crippen LogP contribution is 2.31. The van der Waals surface area contributed by atoms with Crippen molar-refractivity contribution in [3.63, 3.8) is 0 Å². The van der Waals surface area contributed by atoms with E-state index in [-0.39, 0.29) is 18.4 Å². The SMILES string of the molecule is O=C(O)CC1(NC(=O)CCC2CCCCO2)CCCCC1. The molecule has 120 valence electrons. The molecule has 0 radical (unpaired) electrons. The predicted octanol–water partition coefficient (Wildman–Crippen LogP) is 2.63. The maximum absolute atomic E-state index is 12.2. The van der Waals surface area contributed by atoms with Crippen LogP contribution in [0.15, 0.2) is 0 Å². The Kier molecular flexibility index (Phi) is 6.03. The summed E-state index contributed by atoms with van der Waals surface area (Å²) in [6.07, 6.45) is 9.44. The van der Waals surface area contributed by atoms with Crippen LogP contribution >= 0.6 is 0 Å². The van der Waals surface area contributed by atoms with E-state index >= 15 is 0 Å². The van der Waals surface area contributed by atoms with Gasteiger partial charge in [-0.3, -0.25) is 9.59 Å². The Morgan fingerprint density at radius 1 is 1.14 bits per heavy atom. The fourth-order valence-corrected chi connectivity index (χ4v) is 3.55. The summed E-state index contributed by atoms with van der Waals surface area (Å²) in [6, 6.07) is 0. The second-order valence-corrected chi connectivity index (χ2v) is 6.49. The lowest BCUT2D eigenvalue weighted by Crippen LogP contribution is -2.51. The lowest BCUT2D eigenvalue weighted by Gasteiger charge is -2.37. The van der Waals surface area contributed by atoms with Crippen LogP contribution in [0.5, 0.6) is 0 Å². The summed E-state index contributed by atoms with van der Waals surface area (Å²) in [5.74, 6) is -0.847. The molecule has 1 aliphatic heterocycles. The first kappa shape index (κ1) is 16.3. The lowest BCUT2D eigenvalue weighted by atomic mass is 9.79. The Morgan fingerprint density at radius 3 is 2.52 bits per heavy atom. The molecule has 0 aromatic carbocycles. The second-order valence-electron chi connectivity index (χ2n) is 6.49. The minimum atomic E-state index is -0.826. The molecular weight excluding hydrogens is 270 g/mol. The van der Waals surface area contributed by atoms with Gasteiger partial charge in [-0.05, 0) is 38.5 Å². The first-order valence-corrected chi connectivity index (χ1v) is 8.24. The van der Waals surface area contributed by atoms with Crippen molar-refractivity contribution in [2.24, 2.45) is 0 Å². The molecule has 1 heterocycles. The molecule has 1 saturated heterocycles. The molecule has 1 saturated carbocycles. The average molecular weight is 297 g/mol. The van der Waals surface area contributed by atoms with Gasteiger partial charge in [0.05, 0.1) is 18.1 Å². The van der Waals surface area contributed by atoms with Crippen LogP contribution in [0.25, 0.3) is 0 Å². The largest absolute Gasteiger partial charge is 0.481 e. The van der Waals surface area contributed by atoms with Crippen LogP contribution in [0, 0.1) is 0 Å². The van der Waals surface area contributed by atoms with E-state index < -0.39 is 11.5 Å². The highest BCUT2D eigenvalue weighted by atomic mass is 16.5. The standard InChI is InChI=1S/C16H27NO4/c18-14(8-7-13-6-2-5-11-21-13)17-16(12-15(19)20)9-3-1-4-10-16/h13H,1-12H2,(H,17,18)(H,19,20). The minimum Gasteiger partial charge on any atom is -0.481 e. The monoisotopic (exact) mass is 297 g/mol. The van der Waals surface area contributed by atoms with Crippen molar-refractivity contribution >= 4 is 11.9 Å². The zero-order valence-corrected chi connectivity index (χ0v) is 12.7. The van der Waals surface area contributed by atoms with Crippen molar-refractivity contribution in [3.05, 3.63) is 0 Å². The summed E-state index contributed by atoms with van der Waals surface area (Å²) in [5, 5.41) is 12.1. The van der Waals surface area contributed by atoms with Crippen LogP contribution in [0.3, 0.4) is 0 Å². The Labute approximate surface area is 126 Å². The maximum atomic E-state index is 12.2. The van der Waals surface area contributed by atoms with E-state index in [0.29, 0.717) is 6.42 Å². The Balaban J connectivity index is 1.81. The number of carbonyl (C=O) groups excluding carboxylic acids is 1. The molecule has 21 heavy (non-hydrogen) atoms. The third-order valence-electron chi connectivity index (χ3n) is 4.67. The van der Waals surface area contributed by atoms with Gasteiger partial charge in [0.15, 0.2) is 0 Å². The highest BCUT2D eigenvalue weighted by Gasteiger charge is 2.35. The van der Waals surface area contributed by atoms with Gasteiger partial charge < -0.3 is 15.2 Å². The fraction of sp³-hybridized carbons (Fsp3) is 0.875. The molecule has 0 bridgehead atoms. The Morgan fingerprint density at radius 2 is 1.90 bits per heavy atom. The van der Waals surface area contributed by atoms with Gasteiger partial charge in [-0.15, -0.1) is 0 Å². The minimum absolute atomic E-state index is 0.0210. The van der Waals surface area contributed by atoms with E-state index in [1.54, 1.807) is 0 Å². The molecular formula is C16H27NO4. The molecule has 0 aromatic heterocycles. The molecule has 0 spiro atoms. The molecule has 0 aromatic rings. The van der Waals surface area contributed by atoms with Crippen LogP contribution in [-0.2, 0) is 14.3 Å². The molecule has 5 heteroatoms. The van der Waals surface area contributed by atoms with Crippen LogP contribution in [0.2, 0.25) is 0 Å². The molecule has 2 N–H and O–H groups in total. The van der Waals surface area contributed by atoms with E-state index in [4.69, 9.17) is 9.84 Å². The maximum Gasteiger partial charge on any atom is 0.305 e. The smallest absolute Gasteiger partial charge is 0.305 e.